The van der Waals surface area contributed by atoms with Gasteiger partial charge in [-0.1, -0.05) is 12.8 Å². The number of aromatic nitrogens is 6. The van der Waals surface area contributed by atoms with E-state index in [9.17, 15) is 4.39 Å². The number of hydrogen-bond donors (Lipinski definition) is 3. The van der Waals surface area contributed by atoms with Crippen molar-refractivity contribution in [2.45, 2.75) is 32.2 Å². The molecule has 190 valence electrons. The van der Waals surface area contributed by atoms with E-state index in [1.165, 1.54) is 31.7 Å². The maximum absolute atomic E-state index is 13.7. The summed E-state index contributed by atoms with van der Waals surface area (Å²) in [5.41, 5.74) is 7.89. The zero-order chi connectivity index (χ0) is 25.5. The molecule has 0 radical (unpaired) electrons. The molecule has 0 saturated heterocycles. The maximum atomic E-state index is 13.7. The molecule has 38 heavy (non-hydrogen) atoms. The van der Waals surface area contributed by atoms with Crippen LogP contribution in [0.3, 0.4) is 0 Å². The summed E-state index contributed by atoms with van der Waals surface area (Å²) in [6, 6.07) is 11.5. The van der Waals surface area contributed by atoms with Crippen LogP contribution in [-0.2, 0) is 6.54 Å². The SMILES string of the molecule is Fc1ccc(-c2cncc3[nH]c(-c4n[nH]c5ccc(-c6cncc(CNCC7CCCC7)c6)nc45)cc23)s1. The van der Waals surface area contributed by atoms with Crippen LogP contribution in [0.25, 0.3) is 55.0 Å². The Morgan fingerprint density at radius 3 is 2.74 bits per heavy atom. The average Bonchev–Trinajstić information content (AvgIpc) is 3.74. The van der Waals surface area contributed by atoms with Crippen LogP contribution in [-0.4, -0.2) is 36.7 Å². The number of nitrogens with one attached hydrogen (secondary N) is 3. The highest BCUT2D eigenvalue weighted by molar-refractivity contribution is 7.14. The standard InChI is InChI=1S/C29H26FN7S/c30-27-8-7-26(38-27)21-15-33-16-25-20(21)10-24(34-25)29-28-23(36-37-29)6-5-22(35-28)19-9-18(13-32-14-19)12-31-11-17-3-1-2-4-17/h5-10,13-17,31,34H,1-4,11-12H2,(H,36,37). The number of H-pyrrole nitrogens is 2. The minimum Gasteiger partial charge on any atom is -0.352 e. The second-order valence-electron chi connectivity index (χ2n) is 9.96. The molecule has 0 bridgehead atoms. The molecule has 0 aliphatic heterocycles. The van der Waals surface area contributed by atoms with Crippen molar-refractivity contribution in [3.8, 4) is 33.1 Å². The van der Waals surface area contributed by atoms with Gasteiger partial charge >= 0.3 is 0 Å². The first kappa shape index (κ1) is 23.2. The quantitative estimate of drug-likeness (QED) is 0.216. The third kappa shape index (κ3) is 4.37. The van der Waals surface area contributed by atoms with E-state index in [1.54, 1.807) is 18.5 Å². The van der Waals surface area contributed by atoms with Crippen LogP contribution in [0, 0.1) is 11.0 Å². The lowest BCUT2D eigenvalue weighted by atomic mass is 10.1. The van der Waals surface area contributed by atoms with E-state index in [2.05, 4.69) is 36.5 Å². The van der Waals surface area contributed by atoms with Gasteiger partial charge in [0.1, 0.15) is 11.2 Å². The number of thiophene rings is 1. The lowest BCUT2D eigenvalue weighted by Crippen LogP contribution is -2.20. The van der Waals surface area contributed by atoms with Crippen molar-refractivity contribution in [2.75, 3.05) is 6.54 Å². The summed E-state index contributed by atoms with van der Waals surface area (Å²) in [6.07, 6.45) is 12.7. The molecule has 9 heteroatoms. The van der Waals surface area contributed by atoms with E-state index in [0.717, 1.165) is 90.9 Å². The topological polar surface area (TPSA) is 95.2 Å². The van der Waals surface area contributed by atoms with Gasteiger partial charge < -0.3 is 10.3 Å². The first-order valence-corrected chi connectivity index (χ1v) is 13.8. The van der Waals surface area contributed by atoms with E-state index in [4.69, 9.17) is 4.98 Å². The molecule has 6 heterocycles. The Morgan fingerprint density at radius 1 is 0.974 bits per heavy atom. The highest BCUT2D eigenvalue weighted by Gasteiger charge is 2.17. The summed E-state index contributed by atoms with van der Waals surface area (Å²) in [6.45, 7) is 1.87. The smallest absolute Gasteiger partial charge is 0.176 e. The van der Waals surface area contributed by atoms with E-state index in [-0.39, 0.29) is 5.13 Å². The molecule has 1 saturated carbocycles. The Kier molecular flexibility index (Phi) is 5.94. The molecular formula is C29H26FN7S. The van der Waals surface area contributed by atoms with Crippen LogP contribution in [0.15, 0.2) is 61.2 Å². The van der Waals surface area contributed by atoms with Crippen molar-refractivity contribution in [2.24, 2.45) is 5.92 Å². The first-order chi connectivity index (χ1) is 18.7. The van der Waals surface area contributed by atoms with Crippen LogP contribution in [0.2, 0.25) is 0 Å². The van der Waals surface area contributed by atoms with Gasteiger partial charge in [0.15, 0.2) is 5.13 Å². The van der Waals surface area contributed by atoms with Gasteiger partial charge in [-0.3, -0.25) is 15.1 Å². The molecule has 7 nitrogen and oxygen atoms in total. The summed E-state index contributed by atoms with van der Waals surface area (Å²) in [4.78, 5) is 18.1. The highest BCUT2D eigenvalue weighted by atomic mass is 32.1. The summed E-state index contributed by atoms with van der Waals surface area (Å²) < 4.78 is 13.7. The molecule has 1 aliphatic rings. The van der Waals surface area contributed by atoms with Crippen molar-refractivity contribution < 1.29 is 4.39 Å². The third-order valence-corrected chi connectivity index (χ3v) is 8.28. The summed E-state index contributed by atoms with van der Waals surface area (Å²) in [5, 5.41) is 12.0. The van der Waals surface area contributed by atoms with Crippen molar-refractivity contribution in [1.29, 1.82) is 0 Å². The van der Waals surface area contributed by atoms with Gasteiger partial charge in [0, 0.05) is 46.5 Å². The van der Waals surface area contributed by atoms with Crippen LogP contribution in [0.4, 0.5) is 4.39 Å². The molecular weight excluding hydrogens is 497 g/mol. The first-order valence-electron chi connectivity index (χ1n) is 12.9. The summed E-state index contributed by atoms with van der Waals surface area (Å²) in [7, 11) is 0. The number of pyridine rings is 3. The molecule has 3 N–H and O–H groups in total. The van der Waals surface area contributed by atoms with Crippen molar-refractivity contribution in [3.05, 3.63) is 71.9 Å². The molecule has 6 aromatic rings. The molecule has 0 spiro atoms. The number of halogens is 1. The van der Waals surface area contributed by atoms with Crippen LogP contribution in [0.5, 0.6) is 0 Å². The number of nitrogens with zero attached hydrogens (tertiary/aromatic N) is 4. The maximum Gasteiger partial charge on any atom is 0.176 e. The van der Waals surface area contributed by atoms with Crippen LogP contribution in [0.1, 0.15) is 31.2 Å². The minimum absolute atomic E-state index is 0.217. The normalized spacial score (nSPS) is 14.2. The van der Waals surface area contributed by atoms with Gasteiger partial charge in [0.2, 0.25) is 0 Å². The number of hydrogen-bond acceptors (Lipinski definition) is 6. The Bertz CT molecular complexity index is 1740. The number of fused-ring (bicyclic) bond motifs is 2. The summed E-state index contributed by atoms with van der Waals surface area (Å²) in [5.74, 6) is 0.803. The largest absolute Gasteiger partial charge is 0.352 e. The van der Waals surface area contributed by atoms with Gasteiger partial charge in [0.05, 0.1) is 28.6 Å². The van der Waals surface area contributed by atoms with Crippen molar-refractivity contribution >= 4 is 33.3 Å². The van der Waals surface area contributed by atoms with Crippen LogP contribution < -0.4 is 5.32 Å². The van der Waals surface area contributed by atoms with E-state index < -0.39 is 0 Å². The molecule has 7 rings (SSSR count). The zero-order valence-electron chi connectivity index (χ0n) is 20.7. The lowest BCUT2D eigenvalue weighted by molar-refractivity contribution is 0.489. The van der Waals surface area contributed by atoms with E-state index in [0.29, 0.717) is 0 Å². The molecule has 0 aromatic carbocycles. The monoisotopic (exact) mass is 523 g/mol. The van der Waals surface area contributed by atoms with E-state index in [1.807, 2.05) is 30.6 Å². The number of aromatic amines is 2. The summed E-state index contributed by atoms with van der Waals surface area (Å²) >= 11 is 1.11. The van der Waals surface area contributed by atoms with Crippen molar-refractivity contribution in [3.63, 3.8) is 0 Å². The van der Waals surface area contributed by atoms with Crippen LogP contribution >= 0.6 is 11.3 Å². The fourth-order valence-corrected chi connectivity index (χ4v) is 6.20. The molecule has 1 aliphatic carbocycles. The Morgan fingerprint density at radius 2 is 1.87 bits per heavy atom. The average molecular weight is 524 g/mol. The number of rotatable bonds is 7. The second kappa shape index (κ2) is 9.74. The van der Waals surface area contributed by atoms with Gasteiger partial charge in [-0.2, -0.15) is 9.49 Å². The van der Waals surface area contributed by atoms with Crippen molar-refractivity contribution in [1.82, 2.24) is 35.5 Å². The van der Waals surface area contributed by atoms with Gasteiger partial charge in [-0.05, 0) is 67.3 Å². The van der Waals surface area contributed by atoms with E-state index >= 15 is 0 Å². The lowest BCUT2D eigenvalue weighted by Gasteiger charge is -2.11. The molecule has 0 amide bonds. The minimum atomic E-state index is -0.217. The molecule has 1 fully saturated rings. The predicted octanol–water partition coefficient (Wildman–Crippen LogP) is 6.71. The predicted molar refractivity (Wildman–Crippen MR) is 149 cm³/mol. The second-order valence-corrected chi connectivity index (χ2v) is 11.0. The van der Waals surface area contributed by atoms with Gasteiger partial charge in [0.25, 0.3) is 0 Å². The molecule has 0 unspecified atom stereocenters. The third-order valence-electron chi connectivity index (χ3n) is 7.37. The Balaban J connectivity index is 1.20. The Hall–Kier alpha value is -3.95. The van der Waals surface area contributed by atoms with Gasteiger partial charge in [-0.25, -0.2) is 4.98 Å². The zero-order valence-corrected chi connectivity index (χ0v) is 21.5. The molecule has 6 aromatic heterocycles. The van der Waals surface area contributed by atoms with Gasteiger partial charge in [-0.15, -0.1) is 11.3 Å². The fraction of sp³-hybridized carbons (Fsp3) is 0.241. The highest BCUT2D eigenvalue weighted by Crippen LogP contribution is 2.36. The molecule has 0 atom stereocenters. The fourth-order valence-electron chi connectivity index (χ4n) is 5.44. The Labute approximate surface area is 222 Å².